The second kappa shape index (κ2) is 27.3. The number of para-hydroxylation sites is 3. The molecular formula is C76H77N7O17. The van der Waals surface area contributed by atoms with Crippen molar-refractivity contribution in [3.05, 3.63) is 167 Å². The molecule has 1 aliphatic rings. The molecule has 0 fully saturated rings. The molecule has 0 unspecified atom stereocenters. The van der Waals surface area contributed by atoms with Gasteiger partial charge in [0.2, 0.25) is 0 Å². The highest BCUT2D eigenvalue weighted by Gasteiger charge is 2.36. The van der Waals surface area contributed by atoms with E-state index in [9.17, 15) is 28.8 Å². The fourth-order valence-electron chi connectivity index (χ4n) is 12.5. The van der Waals surface area contributed by atoms with Crippen LogP contribution in [0.3, 0.4) is 0 Å². The summed E-state index contributed by atoms with van der Waals surface area (Å²) >= 11 is 0. The molecule has 0 saturated carbocycles. The molecule has 5 aromatic heterocycles. The molecular weight excluding hydrogens is 1280 g/mol. The van der Waals surface area contributed by atoms with Crippen molar-refractivity contribution in [2.45, 2.75) is 129 Å². The van der Waals surface area contributed by atoms with Gasteiger partial charge in [0.1, 0.15) is 46.0 Å². The maximum atomic E-state index is 15.1. The third-order valence-electron chi connectivity index (χ3n) is 16.8. The summed E-state index contributed by atoms with van der Waals surface area (Å²) in [7, 11) is 4.19. The predicted octanol–water partition coefficient (Wildman–Crippen LogP) is 13.2. The molecule has 0 aliphatic carbocycles. The summed E-state index contributed by atoms with van der Waals surface area (Å²) in [4.78, 5) is 109. The minimum absolute atomic E-state index is 0.0122. The van der Waals surface area contributed by atoms with E-state index in [0.29, 0.717) is 44.3 Å². The zero-order chi connectivity index (χ0) is 71.1. The standard InChI is InChI=1S/C76H77N7O17/c1-74(2,3)98-71(88)80-53(29-42-37-77-50-22-16-13-19-45(42)50)67(84)94-56-26-25-41(33-58(56)91-10)63-64-49-35-60(93-12)62(97-69(86)55(82-73(90)100-76(7,8)9)31-44-39-79-52-24-18-15-21-47(44)52)36-57(49)95-70(87)66(64)83-28-27-40-32-61(59(92-11)34-48(40)65(63)83)96-68(85)54(81-72(89)99-75(4,5)6)30-43-38-78-51-23-17-14-20-46(43)51/h13-26,32-39,53-55,77-79H,27-31H2,1-12H3,(H,80,88)(H,81,89)(H,82,90)/t53-,54-,55-/m0/s1. The van der Waals surface area contributed by atoms with Gasteiger partial charge in [0, 0.05) is 105 Å². The Bertz CT molecular complexity index is 5090. The van der Waals surface area contributed by atoms with Crippen molar-refractivity contribution in [3.8, 4) is 56.9 Å². The van der Waals surface area contributed by atoms with Crippen LogP contribution in [0.4, 0.5) is 14.4 Å². The lowest BCUT2D eigenvalue weighted by Gasteiger charge is -2.25. The van der Waals surface area contributed by atoms with E-state index in [2.05, 4.69) is 30.9 Å². The van der Waals surface area contributed by atoms with Crippen molar-refractivity contribution < 1.29 is 75.8 Å². The molecule has 3 amide bonds. The summed E-state index contributed by atoms with van der Waals surface area (Å²) in [5.41, 5.74) is 3.80. The fraction of sp³-hybridized carbons (Fsp3) is 0.303. The first-order valence-corrected chi connectivity index (χ1v) is 32.5. The number of nitrogens with one attached hydrogen (secondary N) is 6. The number of carbonyl (C=O) groups is 6. The second-order valence-corrected chi connectivity index (χ2v) is 27.3. The second-order valence-electron chi connectivity index (χ2n) is 27.3. The normalized spacial score (nSPS) is 13.2. The molecule has 0 bridgehead atoms. The van der Waals surface area contributed by atoms with Crippen molar-refractivity contribution in [2.75, 3.05) is 21.3 Å². The molecule has 6 heterocycles. The van der Waals surface area contributed by atoms with Crippen LogP contribution in [0, 0.1) is 0 Å². The van der Waals surface area contributed by atoms with Crippen molar-refractivity contribution in [2.24, 2.45) is 0 Å². The molecule has 518 valence electrons. The Balaban J connectivity index is 0.970. The average Bonchev–Trinajstić information content (AvgIpc) is 1.54. The maximum absolute atomic E-state index is 15.1. The number of aromatic amines is 3. The highest BCUT2D eigenvalue weighted by Crippen LogP contribution is 2.50. The van der Waals surface area contributed by atoms with Gasteiger partial charge in [-0.1, -0.05) is 60.7 Å². The van der Waals surface area contributed by atoms with Gasteiger partial charge in [0.15, 0.2) is 34.5 Å². The van der Waals surface area contributed by atoms with E-state index >= 15 is 4.79 Å². The summed E-state index contributed by atoms with van der Waals surface area (Å²) in [6, 6.07) is 30.0. The van der Waals surface area contributed by atoms with Gasteiger partial charge in [0.25, 0.3) is 0 Å². The summed E-state index contributed by atoms with van der Waals surface area (Å²) in [5.74, 6) is -2.48. The molecule has 24 nitrogen and oxygen atoms in total. The lowest BCUT2D eigenvalue weighted by atomic mass is 9.91. The van der Waals surface area contributed by atoms with Gasteiger partial charge in [-0.25, -0.2) is 33.6 Å². The number of methoxy groups -OCH3 is 3. The zero-order valence-corrected chi connectivity index (χ0v) is 57.4. The van der Waals surface area contributed by atoms with Gasteiger partial charge in [-0.05, 0) is 145 Å². The summed E-state index contributed by atoms with van der Waals surface area (Å²) in [6.45, 7) is 15.5. The van der Waals surface area contributed by atoms with Gasteiger partial charge in [-0.3, -0.25) is 0 Å². The number of aryl methyl sites for hydroxylation is 2. The number of hydrogen-bond donors (Lipinski definition) is 6. The lowest BCUT2D eigenvalue weighted by molar-refractivity contribution is -0.137. The number of benzene rings is 6. The van der Waals surface area contributed by atoms with Crippen molar-refractivity contribution in [1.82, 2.24) is 35.5 Å². The number of nitrogens with zero attached hydrogens (tertiary/aromatic N) is 1. The predicted molar refractivity (Wildman–Crippen MR) is 375 cm³/mol. The number of H-pyrrole nitrogens is 3. The Labute approximate surface area is 573 Å². The van der Waals surface area contributed by atoms with E-state index in [0.717, 1.165) is 43.8 Å². The molecule has 3 atom stereocenters. The van der Waals surface area contributed by atoms with Crippen LogP contribution in [0.25, 0.3) is 77.0 Å². The van der Waals surface area contributed by atoms with Crippen LogP contribution in [0.15, 0.2) is 143 Å². The molecule has 0 saturated heterocycles. The number of aromatic nitrogens is 4. The number of alkyl carbamates (subject to hydrolysis) is 3. The Morgan fingerprint density at radius 2 is 0.900 bits per heavy atom. The number of carbonyl (C=O) groups excluding carboxylic acids is 6. The quantitative estimate of drug-likeness (QED) is 0.0190. The molecule has 0 spiro atoms. The molecule has 12 rings (SSSR count). The fourth-order valence-corrected chi connectivity index (χ4v) is 12.5. The lowest BCUT2D eigenvalue weighted by Crippen LogP contribution is -2.46. The minimum atomic E-state index is -1.31. The Kier molecular flexibility index (Phi) is 18.6. The molecule has 100 heavy (non-hydrogen) atoms. The van der Waals surface area contributed by atoms with Gasteiger partial charge < -0.3 is 82.5 Å². The van der Waals surface area contributed by atoms with Crippen LogP contribution in [-0.4, -0.2) is 112 Å². The molecule has 6 N–H and O–H groups in total. The Morgan fingerprint density at radius 1 is 0.490 bits per heavy atom. The number of ether oxygens (including phenoxy) is 9. The van der Waals surface area contributed by atoms with Crippen molar-refractivity contribution >= 4 is 90.8 Å². The number of rotatable bonds is 19. The van der Waals surface area contributed by atoms with Gasteiger partial charge in [-0.15, -0.1) is 0 Å². The first kappa shape index (κ1) is 68.3. The molecule has 11 aromatic rings. The topological polar surface area (TPSA) is 304 Å². The van der Waals surface area contributed by atoms with Crippen LogP contribution < -0.4 is 50.0 Å². The molecule has 6 aromatic carbocycles. The van der Waals surface area contributed by atoms with Crippen molar-refractivity contribution in [3.63, 3.8) is 0 Å². The highest BCUT2D eigenvalue weighted by atomic mass is 16.6. The van der Waals surface area contributed by atoms with Crippen LogP contribution >= 0.6 is 0 Å². The van der Waals surface area contributed by atoms with E-state index in [4.69, 9.17) is 47.0 Å². The maximum Gasteiger partial charge on any atom is 0.408 e. The van der Waals surface area contributed by atoms with Crippen LogP contribution in [0.1, 0.15) is 84.6 Å². The number of fused-ring (bicyclic) bond motifs is 10. The largest absolute Gasteiger partial charge is 0.493 e. The van der Waals surface area contributed by atoms with Gasteiger partial charge in [0.05, 0.1) is 27.0 Å². The van der Waals surface area contributed by atoms with E-state index in [1.54, 1.807) is 111 Å². The highest BCUT2D eigenvalue weighted by molar-refractivity contribution is 6.17. The summed E-state index contributed by atoms with van der Waals surface area (Å²) in [6.07, 6.45) is 3.04. The molecule has 0 radical (unpaired) electrons. The third kappa shape index (κ3) is 14.6. The first-order chi connectivity index (χ1) is 47.6. The Morgan fingerprint density at radius 3 is 1.34 bits per heavy atom. The molecule has 24 heteroatoms. The third-order valence-corrected chi connectivity index (χ3v) is 16.8. The van der Waals surface area contributed by atoms with Gasteiger partial charge >= 0.3 is 41.8 Å². The average molecular weight is 1360 g/mol. The van der Waals surface area contributed by atoms with Crippen LogP contribution in [0.2, 0.25) is 0 Å². The van der Waals surface area contributed by atoms with Crippen LogP contribution in [-0.2, 0) is 60.8 Å². The smallest absolute Gasteiger partial charge is 0.408 e. The number of amides is 3. The molecule has 1 aliphatic heterocycles. The first-order valence-electron chi connectivity index (χ1n) is 32.5. The van der Waals surface area contributed by atoms with E-state index < -0.39 is 76.7 Å². The van der Waals surface area contributed by atoms with E-state index in [1.807, 2.05) is 77.4 Å². The van der Waals surface area contributed by atoms with E-state index in [1.165, 1.54) is 33.5 Å². The van der Waals surface area contributed by atoms with E-state index in [-0.39, 0.29) is 77.8 Å². The number of esters is 3. The summed E-state index contributed by atoms with van der Waals surface area (Å²) in [5, 5.41) is 11.3. The number of hydrogen-bond acceptors (Lipinski definition) is 17. The van der Waals surface area contributed by atoms with Crippen molar-refractivity contribution in [1.29, 1.82) is 0 Å². The SMILES string of the molecule is COc1cc(-c2c3n(c4c(=O)oc5cc(OC(=O)[C@H](Cc6c[nH]c7ccccc67)NC(=O)OC(C)(C)C)c(OC)cc5c24)CCc2cc(OC(=O)[C@H](Cc4c[nH]c5ccccc45)NC(=O)OC(C)(C)C)c(OC)cc2-3)ccc1OC(=O)[C@H](Cc1c[nH]c2ccccc12)NC(=O)OC(C)(C)C. The minimum Gasteiger partial charge on any atom is -0.493 e. The Hall–Kier alpha value is -11.7. The van der Waals surface area contributed by atoms with Crippen LogP contribution in [0.5, 0.6) is 34.5 Å². The monoisotopic (exact) mass is 1360 g/mol. The van der Waals surface area contributed by atoms with Gasteiger partial charge in [-0.2, -0.15) is 0 Å². The zero-order valence-electron chi connectivity index (χ0n) is 57.4. The summed E-state index contributed by atoms with van der Waals surface area (Å²) < 4.78 is 61.6.